The maximum atomic E-state index is 11.9. The standard InChI is InChI=1S/C10H18N4O2S/c15-17(16,10-2-5-11-6-3-10)13-7-9-14-8-1-4-12-14/h1,4,8,10-11,13H,2-3,5-7,9H2. The van der Waals surface area contributed by atoms with Gasteiger partial charge in [0, 0.05) is 18.9 Å². The fraction of sp³-hybridized carbons (Fsp3) is 0.700. The van der Waals surface area contributed by atoms with Gasteiger partial charge < -0.3 is 5.32 Å². The molecule has 7 heteroatoms. The molecule has 0 spiro atoms. The van der Waals surface area contributed by atoms with Gasteiger partial charge in [0.15, 0.2) is 0 Å². The van der Waals surface area contributed by atoms with Gasteiger partial charge in [0.2, 0.25) is 10.0 Å². The molecule has 6 nitrogen and oxygen atoms in total. The van der Waals surface area contributed by atoms with Crippen LogP contribution in [0.15, 0.2) is 18.5 Å². The van der Waals surface area contributed by atoms with E-state index in [1.54, 1.807) is 10.9 Å². The lowest BCUT2D eigenvalue weighted by molar-refractivity contribution is 0.486. The van der Waals surface area contributed by atoms with Crippen LogP contribution in [0.1, 0.15) is 12.8 Å². The van der Waals surface area contributed by atoms with Crippen LogP contribution in [-0.4, -0.2) is 43.1 Å². The third-order valence-corrected chi connectivity index (χ3v) is 4.88. The molecule has 1 aliphatic heterocycles. The average Bonchev–Trinajstić information content (AvgIpc) is 2.83. The topological polar surface area (TPSA) is 76.0 Å². The Labute approximate surface area is 101 Å². The van der Waals surface area contributed by atoms with Gasteiger partial charge in [-0.1, -0.05) is 0 Å². The van der Waals surface area contributed by atoms with Gasteiger partial charge in [-0.15, -0.1) is 0 Å². The molecule has 0 amide bonds. The molecule has 1 aromatic heterocycles. The zero-order chi connectivity index (χ0) is 12.1. The van der Waals surface area contributed by atoms with Gasteiger partial charge in [0.1, 0.15) is 0 Å². The number of nitrogens with one attached hydrogen (secondary N) is 2. The molecule has 1 saturated heterocycles. The van der Waals surface area contributed by atoms with E-state index in [4.69, 9.17) is 0 Å². The number of sulfonamides is 1. The lowest BCUT2D eigenvalue weighted by Gasteiger charge is -2.22. The van der Waals surface area contributed by atoms with Gasteiger partial charge >= 0.3 is 0 Å². The van der Waals surface area contributed by atoms with Crippen LogP contribution < -0.4 is 10.0 Å². The first-order valence-electron chi connectivity index (χ1n) is 5.85. The number of hydrogen-bond acceptors (Lipinski definition) is 4. The summed E-state index contributed by atoms with van der Waals surface area (Å²) in [5, 5.41) is 6.93. The lowest BCUT2D eigenvalue weighted by atomic mass is 10.2. The highest BCUT2D eigenvalue weighted by molar-refractivity contribution is 7.90. The zero-order valence-corrected chi connectivity index (χ0v) is 10.5. The molecule has 1 aliphatic rings. The van der Waals surface area contributed by atoms with E-state index in [9.17, 15) is 8.42 Å². The van der Waals surface area contributed by atoms with E-state index in [1.807, 2.05) is 12.3 Å². The van der Waals surface area contributed by atoms with Crippen molar-refractivity contribution in [1.29, 1.82) is 0 Å². The minimum Gasteiger partial charge on any atom is -0.317 e. The predicted molar refractivity (Wildman–Crippen MR) is 65.0 cm³/mol. The van der Waals surface area contributed by atoms with Gasteiger partial charge in [-0.2, -0.15) is 5.10 Å². The van der Waals surface area contributed by atoms with E-state index >= 15 is 0 Å². The second-order valence-corrected chi connectivity index (χ2v) is 6.20. The third kappa shape index (κ3) is 3.52. The first-order chi connectivity index (χ1) is 8.18. The minimum atomic E-state index is -3.17. The number of rotatable bonds is 5. The molecule has 2 rings (SSSR count). The van der Waals surface area contributed by atoms with Gasteiger partial charge in [-0.3, -0.25) is 4.68 Å². The molecule has 1 fully saturated rings. The first-order valence-corrected chi connectivity index (χ1v) is 7.40. The summed E-state index contributed by atoms with van der Waals surface area (Å²) in [6, 6.07) is 1.82. The minimum absolute atomic E-state index is 0.249. The van der Waals surface area contributed by atoms with Crippen molar-refractivity contribution in [1.82, 2.24) is 19.8 Å². The Morgan fingerprint density at radius 2 is 2.18 bits per heavy atom. The van der Waals surface area contributed by atoms with Crippen LogP contribution >= 0.6 is 0 Å². The molecule has 0 saturated carbocycles. The monoisotopic (exact) mass is 258 g/mol. The third-order valence-electron chi connectivity index (χ3n) is 2.93. The van der Waals surface area contributed by atoms with Crippen LogP contribution in [0, 0.1) is 0 Å². The number of piperidine rings is 1. The summed E-state index contributed by atoms with van der Waals surface area (Å²) < 4.78 is 28.3. The summed E-state index contributed by atoms with van der Waals surface area (Å²) in [6.07, 6.45) is 4.88. The maximum Gasteiger partial charge on any atom is 0.214 e. The molecule has 0 aromatic carbocycles. The van der Waals surface area contributed by atoms with Crippen molar-refractivity contribution in [2.75, 3.05) is 19.6 Å². The highest BCUT2D eigenvalue weighted by Gasteiger charge is 2.26. The van der Waals surface area contributed by atoms with E-state index < -0.39 is 10.0 Å². The molecule has 2 heterocycles. The summed E-state index contributed by atoms with van der Waals surface area (Å²) in [5.74, 6) is 0. The summed E-state index contributed by atoms with van der Waals surface area (Å²) in [4.78, 5) is 0. The zero-order valence-electron chi connectivity index (χ0n) is 9.67. The van der Waals surface area contributed by atoms with Crippen molar-refractivity contribution < 1.29 is 8.42 Å². The highest BCUT2D eigenvalue weighted by Crippen LogP contribution is 2.11. The Balaban J connectivity index is 1.80. The van der Waals surface area contributed by atoms with Gasteiger partial charge in [-0.05, 0) is 32.0 Å². The molecule has 0 radical (unpaired) electrons. The largest absolute Gasteiger partial charge is 0.317 e. The van der Waals surface area contributed by atoms with Crippen molar-refractivity contribution in [3.63, 3.8) is 0 Å². The molecule has 0 unspecified atom stereocenters. The smallest absolute Gasteiger partial charge is 0.214 e. The normalized spacial score (nSPS) is 18.4. The molecule has 0 aliphatic carbocycles. The van der Waals surface area contributed by atoms with Crippen LogP contribution in [-0.2, 0) is 16.6 Å². The Morgan fingerprint density at radius 3 is 2.82 bits per heavy atom. The quantitative estimate of drug-likeness (QED) is 0.750. The van der Waals surface area contributed by atoms with Crippen LogP contribution in [0.5, 0.6) is 0 Å². The van der Waals surface area contributed by atoms with Crippen molar-refractivity contribution in [3.8, 4) is 0 Å². The van der Waals surface area contributed by atoms with Crippen LogP contribution in [0.2, 0.25) is 0 Å². The van der Waals surface area contributed by atoms with Crippen molar-refractivity contribution in [3.05, 3.63) is 18.5 Å². The second-order valence-electron chi connectivity index (χ2n) is 4.16. The molecule has 17 heavy (non-hydrogen) atoms. The second kappa shape index (κ2) is 5.61. The van der Waals surface area contributed by atoms with Crippen molar-refractivity contribution in [2.24, 2.45) is 0 Å². The van der Waals surface area contributed by atoms with E-state index in [0.29, 0.717) is 25.9 Å². The fourth-order valence-electron chi connectivity index (χ4n) is 1.96. The SMILES string of the molecule is O=S(=O)(NCCn1cccn1)C1CCNCC1. The molecule has 2 N–H and O–H groups in total. The Kier molecular flexibility index (Phi) is 4.14. The molecule has 1 aromatic rings. The molecular weight excluding hydrogens is 240 g/mol. The lowest BCUT2D eigenvalue weighted by Crippen LogP contribution is -2.42. The highest BCUT2D eigenvalue weighted by atomic mass is 32.2. The average molecular weight is 258 g/mol. The first kappa shape index (κ1) is 12.5. The Bertz CT molecular complexity index is 423. The van der Waals surface area contributed by atoms with E-state index in [1.165, 1.54) is 0 Å². The molecule has 0 atom stereocenters. The number of nitrogens with zero attached hydrogens (tertiary/aromatic N) is 2. The molecular formula is C10H18N4O2S. The summed E-state index contributed by atoms with van der Waals surface area (Å²) in [7, 11) is -3.17. The van der Waals surface area contributed by atoms with Crippen LogP contribution in [0.3, 0.4) is 0 Å². The summed E-state index contributed by atoms with van der Waals surface area (Å²) >= 11 is 0. The van der Waals surface area contributed by atoms with E-state index in [-0.39, 0.29) is 5.25 Å². The van der Waals surface area contributed by atoms with Crippen molar-refractivity contribution in [2.45, 2.75) is 24.6 Å². The predicted octanol–water partition coefficient (Wildman–Crippen LogP) is -0.445. The summed E-state index contributed by atoms with van der Waals surface area (Å²) in [5.41, 5.74) is 0. The molecule has 0 bridgehead atoms. The maximum absolute atomic E-state index is 11.9. The fourth-order valence-corrected chi connectivity index (χ4v) is 3.43. The van der Waals surface area contributed by atoms with Gasteiger partial charge in [0.25, 0.3) is 0 Å². The van der Waals surface area contributed by atoms with Gasteiger partial charge in [-0.25, -0.2) is 13.1 Å². The van der Waals surface area contributed by atoms with E-state index in [2.05, 4.69) is 15.1 Å². The van der Waals surface area contributed by atoms with Crippen molar-refractivity contribution >= 4 is 10.0 Å². The number of aromatic nitrogens is 2. The van der Waals surface area contributed by atoms with E-state index in [0.717, 1.165) is 13.1 Å². The van der Waals surface area contributed by atoms with Crippen LogP contribution in [0.25, 0.3) is 0 Å². The number of hydrogen-bond donors (Lipinski definition) is 2. The molecule has 96 valence electrons. The Morgan fingerprint density at radius 1 is 1.41 bits per heavy atom. The van der Waals surface area contributed by atoms with Crippen LogP contribution in [0.4, 0.5) is 0 Å². The summed E-state index contributed by atoms with van der Waals surface area (Å²) in [6.45, 7) is 2.53. The Hall–Kier alpha value is -0.920. The van der Waals surface area contributed by atoms with Gasteiger partial charge in [0.05, 0.1) is 11.8 Å².